The van der Waals surface area contributed by atoms with Crippen molar-refractivity contribution in [1.29, 1.82) is 0 Å². The molecule has 1 aliphatic heterocycles. The fraction of sp³-hybridized carbons (Fsp3) is 0.579. The van der Waals surface area contributed by atoms with Crippen LogP contribution in [0.4, 0.5) is 5.82 Å². The van der Waals surface area contributed by atoms with Crippen molar-refractivity contribution in [3.8, 4) is 0 Å². The van der Waals surface area contributed by atoms with Crippen LogP contribution in [0, 0.1) is 5.92 Å². The number of aromatic nitrogens is 1. The van der Waals surface area contributed by atoms with Gasteiger partial charge < -0.3 is 15.0 Å². The van der Waals surface area contributed by atoms with Gasteiger partial charge in [0.1, 0.15) is 5.82 Å². The number of ether oxygens (including phenoxy) is 1. The molecule has 0 radical (unpaired) electrons. The van der Waals surface area contributed by atoms with Crippen molar-refractivity contribution in [3.05, 3.63) is 22.8 Å². The number of hydrogen-bond donors (Lipinski definition) is 1. The second kappa shape index (κ2) is 10.3. The van der Waals surface area contributed by atoms with Crippen LogP contribution in [0.1, 0.15) is 49.4 Å². The van der Waals surface area contributed by atoms with E-state index >= 15 is 0 Å². The van der Waals surface area contributed by atoms with Gasteiger partial charge in [0.2, 0.25) is 0 Å². The zero-order valence-electron chi connectivity index (χ0n) is 15.8. The maximum Gasteiger partial charge on any atom is 0.308 e. The van der Waals surface area contributed by atoms with Gasteiger partial charge in [-0.05, 0) is 25.3 Å². The minimum atomic E-state index is -0.370. The van der Waals surface area contributed by atoms with E-state index < -0.39 is 0 Å². The van der Waals surface area contributed by atoms with Crippen molar-refractivity contribution in [2.24, 2.45) is 5.92 Å². The number of ketones is 1. The molecule has 1 fully saturated rings. The predicted molar refractivity (Wildman–Crippen MR) is 103 cm³/mol. The zero-order chi connectivity index (χ0) is 19.8. The molecule has 0 unspecified atom stereocenters. The molecule has 2 heterocycles. The number of carbonyl (C=O) groups excluding carboxylic acids is 3. The smallest absolute Gasteiger partial charge is 0.308 e. The first-order valence-electron chi connectivity index (χ1n) is 9.24. The Morgan fingerprint density at radius 1 is 1.33 bits per heavy atom. The second-order valence-electron chi connectivity index (χ2n) is 6.64. The lowest BCUT2D eigenvalue weighted by Gasteiger charge is -2.32. The Kier molecular flexibility index (Phi) is 8.03. The van der Waals surface area contributed by atoms with Crippen LogP contribution >= 0.6 is 11.6 Å². The van der Waals surface area contributed by atoms with Crippen LogP contribution in [0.2, 0.25) is 5.02 Å². The maximum absolute atomic E-state index is 12.2. The Balaban J connectivity index is 1.92. The summed E-state index contributed by atoms with van der Waals surface area (Å²) in [6, 6.07) is 1.56. The number of piperidine rings is 1. The van der Waals surface area contributed by atoms with Gasteiger partial charge in [0.25, 0.3) is 5.91 Å². The molecule has 1 saturated heterocycles. The third-order valence-electron chi connectivity index (χ3n) is 4.67. The Morgan fingerprint density at radius 3 is 2.63 bits per heavy atom. The van der Waals surface area contributed by atoms with E-state index in [1.54, 1.807) is 6.07 Å². The number of unbranched alkanes of at least 4 members (excludes halogenated alkanes) is 1. The fourth-order valence-electron chi connectivity index (χ4n) is 3.02. The van der Waals surface area contributed by atoms with Gasteiger partial charge in [-0.3, -0.25) is 14.4 Å². The van der Waals surface area contributed by atoms with Crippen molar-refractivity contribution in [2.45, 2.75) is 39.0 Å². The molecule has 1 amide bonds. The summed E-state index contributed by atoms with van der Waals surface area (Å²) < 4.78 is 4.79. The van der Waals surface area contributed by atoms with Gasteiger partial charge in [0, 0.05) is 25.7 Å². The van der Waals surface area contributed by atoms with Crippen LogP contribution in [-0.4, -0.2) is 49.4 Å². The average Bonchev–Trinajstić information content (AvgIpc) is 2.69. The van der Waals surface area contributed by atoms with Gasteiger partial charge in [-0.15, -0.1) is 0 Å². The number of Topliss-reactive ketones (excluding diaryl/α,β-unsaturated/α-hetero) is 1. The normalized spacial score (nSPS) is 14.7. The average molecular weight is 396 g/mol. The Labute approximate surface area is 164 Å². The van der Waals surface area contributed by atoms with Gasteiger partial charge in [0.05, 0.1) is 30.2 Å². The number of pyridine rings is 1. The van der Waals surface area contributed by atoms with Gasteiger partial charge >= 0.3 is 5.97 Å². The minimum Gasteiger partial charge on any atom is -0.469 e. The van der Waals surface area contributed by atoms with Gasteiger partial charge in [-0.25, -0.2) is 4.98 Å². The van der Waals surface area contributed by atoms with E-state index in [0.29, 0.717) is 48.8 Å². The molecule has 7 nitrogen and oxygen atoms in total. The summed E-state index contributed by atoms with van der Waals surface area (Å²) in [5.41, 5.74) is 0.316. The number of esters is 1. The third kappa shape index (κ3) is 5.92. The number of halogens is 1. The number of hydrogen-bond acceptors (Lipinski definition) is 6. The van der Waals surface area contributed by atoms with E-state index in [0.717, 1.165) is 12.8 Å². The lowest BCUT2D eigenvalue weighted by Crippen LogP contribution is -2.37. The quantitative estimate of drug-likeness (QED) is 0.680. The second-order valence-corrected chi connectivity index (χ2v) is 7.05. The van der Waals surface area contributed by atoms with Crippen LogP contribution in [0.15, 0.2) is 12.3 Å². The summed E-state index contributed by atoms with van der Waals surface area (Å²) in [6.45, 7) is 3.31. The van der Waals surface area contributed by atoms with Crippen LogP contribution in [0.3, 0.4) is 0 Å². The number of rotatable bonds is 8. The first kappa shape index (κ1) is 21.2. The first-order chi connectivity index (χ1) is 13.0. The van der Waals surface area contributed by atoms with Crippen LogP contribution in [0.25, 0.3) is 0 Å². The van der Waals surface area contributed by atoms with Gasteiger partial charge in [0.15, 0.2) is 5.78 Å². The number of carbonyl (C=O) groups is 3. The molecule has 27 heavy (non-hydrogen) atoms. The van der Waals surface area contributed by atoms with Crippen molar-refractivity contribution in [3.63, 3.8) is 0 Å². The van der Waals surface area contributed by atoms with Gasteiger partial charge in [-0.2, -0.15) is 0 Å². The molecular weight excluding hydrogens is 370 g/mol. The lowest BCUT2D eigenvalue weighted by molar-refractivity contribution is -0.146. The van der Waals surface area contributed by atoms with Crippen LogP contribution in [-0.2, 0) is 14.3 Å². The van der Waals surface area contributed by atoms with E-state index in [4.69, 9.17) is 16.3 Å². The highest BCUT2D eigenvalue weighted by molar-refractivity contribution is 6.33. The molecule has 0 atom stereocenters. The number of nitrogens with zero attached hydrogens (tertiary/aromatic N) is 2. The van der Waals surface area contributed by atoms with E-state index in [-0.39, 0.29) is 30.1 Å². The molecule has 1 aromatic rings. The predicted octanol–water partition coefficient (Wildman–Crippen LogP) is 2.61. The molecule has 0 spiro atoms. The molecule has 0 aliphatic carbocycles. The van der Waals surface area contributed by atoms with Crippen molar-refractivity contribution >= 4 is 35.1 Å². The highest BCUT2D eigenvalue weighted by Crippen LogP contribution is 2.28. The number of amides is 1. The molecule has 2 rings (SSSR count). The van der Waals surface area contributed by atoms with Crippen molar-refractivity contribution in [2.75, 3.05) is 31.6 Å². The van der Waals surface area contributed by atoms with Crippen molar-refractivity contribution in [1.82, 2.24) is 10.3 Å². The molecule has 1 N–H and O–H groups in total. The van der Waals surface area contributed by atoms with Crippen LogP contribution < -0.4 is 10.2 Å². The largest absolute Gasteiger partial charge is 0.469 e. The highest BCUT2D eigenvalue weighted by atomic mass is 35.5. The molecule has 0 aromatic carbocycles. The number of methoxy groups -OCH3 is 1. The van der Waals surface area contributed by atoms with E-state index in [1.165, 1.54) is 13.3 Å². The monoisotopic (exact) mass is 395 g/mol. The Hall–Kier alpha value is -2.15. The third-order valence-corrected chi connectivity index (χ3v) is 4.95. The summed E-state index contributed by atoms with van der Waals surface area (Å²) in [5.74, 6) is -0.0513. The number of anilines is 1. The van der Waals surface area contributed by atoms with E-state index in [9.17, 15) is 14.4 Å². The molecule has 1 aromatic heterocycles. The Morgan fingerprint density at radius 2 is 2.04 bits per heavy atom. The number of nitrogens with one attached hydrogen (secondary N) is 1. The lowest BCUT2D eigenvalue weighted by atomic mass is 9.97. The van der Waals surface area contributed by atoms with Gasteiger partial charge in [-0.1, -0.05) is 24.9 Å². The summed E-state index contributed by atoms with van der Waals surface area (Å²) in [7, 11) is 1.40. The van der Waals surface area contributed by atoms with Crippen molar-refractivity contribution < 1.29 is 19.1 Å². The summed E-state index contributed by atoms with van der Waals surface area (Å²) >= 11 is 6.32. The summed E-state index contributed by atoms with van der Waals surface area (Å²) in [5, 5.41) is 2.98. The molecule has 8 heteroatoms. The Bertz CT molecular complexity index is 688. The maximum atomic E-state index is 12.2. The van der Waals surface area contributed by atoms with Crippen LogP contribution in [0.5, 0.6) is 0 Å². The first-order valence-corrected chi connectivity index (χ1v) is 9.62. The summed E-state index contributed by atoms with van der Waals surface area (Å²) in [4.78, 5) is 41.8. The highest BCUT2D eigenvalue weighted by Gasteiger charge is 2.27. The molecule has 0 saturated carbocycles. The minimum absolute atomic E-state index is 0.00866. The fourth-order valence-corrected chi connectivity index (χ4v) is 3.31. The molecule has 148 valence electrons. The molecule has 1 aliphatic rings. The summed E-state index contributed by atoms with van der Waals surface area (Å²) in [6.07, 6.45) is 5.04. The van der Waals surface area contributed by atoms with E-state index in [2.05, 4.69) is 10.3 Å². The SMILES string of the molecule is CCCCC(=O)CNC(=O)c1cnc(N2CCC(C(=O)OC)CC2)c(Cl)c1. The molecular formula is C19H26ClN3O4. The van der Waals surface area contributed by atoms with E-state index in [1.807, 2.05) is 11.8 Å². The topological polar surface area (TPSA) is 88.6 Å². The standard InChI is InChI=1S/C19H26ClN3O4/c1-3-4-5-15(24)12-22-18(25)14-10-16(20)17(21-11-14)23-8-6-13(7-9-23)19(26)27-2/h10-11,13H,3-9,12H2,1-2H3,(H,22,25). The molecule has 0 bridgehead atoms. The zero-order valence-corrected chi connectivity index (χ0v) is 16.6.